The van der Waals surface area contributed by atoms with Gasteiger partial charge in [-0.3, -0.25) is 9.36 Å². The van der Waals surface area contributed by atoms with Crippen molar-refractivity contribution in [3.63, 3.8) is 0 Å². The SMILES string of the molecule is COC(=O)c1cc(CSc2nc3ccccc3c(=O)n2C[C@H]2CCCO2)oc1C. The van der Waals surface area contributed by atoms with Gasteiger partial charge >= 0.3 is 5.97 Å². The van der Waals surface area contributed by atoms with Crippen LogP contribution in [-0.4, -0.2) is 35.3 Å². The molecule has 1 aliphatic heterocycles. The molecule has 7 nitrogen and oxygen atoms in total. The Kier molecular flexibility index (Phi) is 5.73. The lowest BCUT2D eigenvalue weighted by Gasteiger charge is -2.16. The zero-order valence-electron chi connectivity index (χ0n) is 16.3. The van der Waals surface area contributed by atoms with Gasteiger partial charge in [0.05, 0.1) is 36.4 Å². The molecule has 0 saturated carbocycles. The standard InChI is InChI=1S/C21H22N2O5S/c1-13-17(20(25)26-2)10-15(28-13)12-29-21-22-18-8-4-3-7-16(18)19(24)23(21)11-14-6-5-9-27-14/h3-4,7-8,10,14H,5-6,9,11-12H2,1-2H3/t14-/m1/s1. The lowest BCUT2D eigenvalue weighted by Crippen LogP contribution is -2.28. The summed E-state index contributed by atoms with van der Waals surface area (Å²) in [6.07, 6.45) is 1.96. The van der Waals surface area contributed by atoms with Crippen LogP contribution in [0.5, 0.6) is 0 Å². The number of fused-ring (bicyclic) bond motifs is 1. The van der Waals surface area contributed by atoms with Crippen molar-refractivity contribution in [2.24, 2.45) is 0 Å². The van der Waals surface area contributed by atoms with Gasteiger partial charge in [-0.25, -0.2) is 9.78 Å². The number of hydrogen-bond acceptors (Lipinski definition) is 7. The lowest BCUT2D eigenvalue weighted by atomic mass is 10.2. The second-order valence-corrected chi connectivity index (χ2v) is 7.87. The Morgan fingerprint density at radius 3 is 2.97 bits per heavy atom. The first-order chi connectivity index (χ1) is 14.1. The zero-order valence-corrected chi connectivity index (χ0v) is 17.2. The van der Waals surface area contributed by atoms with E-state index in [-0.39, 0.29) is 11.7 Å². The normalized spacial score (nSPS) is 16.4. The van der Waals surface area contributed by atoms with Crippen LogP contribution in [0.2, 0.25) is 0 Å². The van der Waals surface area contributed by atoms with E-state index in [1.54, 1.807) is 23.6 Å². The van der Waals surface area contributed by atoms with E-state index < -0.39 is 5.97 Å². The monoisotopic (exact) mass is 414 g/mol. The van der Waals surface area contributed by atoms with Crippen LogP contribution < -0.4 is 5.56 Å². The van der Waals surface area contributed by atoms with Crippen LogP contribution in [0.3, 0.4) is 0 Å². The molecular weight excluding hydrogens is 392 g/mol. The van der Waals surface area contributed by atoms with Gasteiger partial charge in [0, 0.05) is 6.61 Å². The second-order valence-electron chi connectivity index (χ2n) is 6.93. The fourth-order valence-electron chi connectivity index (χ4n) is 3.47. The third kappa shape index (κ3) is 4.09. The average molecular weight is 414 g/mol. The van der Waals surface area contributed by atoms with Crippen molar-refractivity contribution in [3.8, 4) is 0 Å². The smallest absolute Gasteiger partial charge is 0.341 e. The molecule has 152 valence electrons. The van der Waals surface area contributed by atoms with E-state index in [1.165, 1.54) is 18.9 Å². The average Bonchev–Trinajstić information content (AvgIpc) is 3.37. The minimum absolute atomic E-state index is 0.0202. The summed E-state index contributed by atoms with van der Waals surface area (Å²) in [5, 5.41) is 1.20. The molecule has 29 heavy (non-hydrogen) atoms. The summed E-state index contributed by atoms with van der Waals surface area (Å²) in [6.45, 7) is 2.93. The summed E-state index contributed by atoms with van der Waals surface area (Å²) in [4.78, 5) is 29.6. The summed E-state index contributed by atoms with van der Waals surface area (Å²) in [5.74, 6) is 1.14. The van der Waals surface area contributed by atoms with E-state index in [0.29, 0.717) is 45.4 Å². The number of hydrogen-bond donors (Lipinski definition) is 0. The number of furan rings is 1. The molecule has 1 aliphatic rings. The van der Waals surface area contributed by atoms with E-state index in [2.05, 4.69) is 0 Å². The number of aryl methyl sites for hydroxylation is 1. The number of para-hydroxylation sites is 1. The number of carbonyl (C=O) groups is 1. The molecule has 1 atom stereocenters. The van der Waals surface area contributed by atoms with Crippen molar-refractivity contribution < 1.29 is 18.7 Å². The van der Waals surface area contributed by atoms with Crippen LogP contribution in [0.4, 0.5) is 0 Å². The number of benzene rings is 1. The van der Waals surface area contributed by atoms with Crippen LogP contribution in [0, 0.1) is 6.92 Å². The highest BCUT2D eigenvalue weighted by Crippen LogP contribution is 2.26. The van der Waals surface area contributed by atoms with Crippen molar-refractivity contribution in [2.75, 3.05) is 13.7 Å². The maximum absolute atomic E-state index is 13.1. The summed E-state index contributed by atoms with van der Waals surface area (Å²) in [6, 6.07) is 9.02. The van der Waals surface area contributed by atoms with E-state index in [4.69, 9.17) is 18.9 Å². The van der Waals surface area contributed by atoms with E-state index in [9.17, 15) is 9.59 Å². The second kappa shape index (κ2) is 8.42. The van der Waals surface area contributed by atoms with Crippen LogP contribution in [0.25, 0.3) is 10.9 Å². The van der Waals surface area contributed by atoms with Crippen molar-refractivity contribution in [1.29, 1.82) is 0 Å². The topological polar surface area (TPSA) is 83.6 Å². The molecule has 3 heterocycles. The number of nitrogens with zero attached hydrogens (tertiary/aromatic N) is 2. The van der Waals surface area contributed by atoms with Crippen LogP contribution in [-0.2, 0) is 21.8 Å². The molecule has 0 unspecified atom stereocenters. The summed E-state index contributed by atoms with van der Waals surface area (Å²) >= 11 is 1.40. The number of thioether (sulfide) groups is 1. The highest BCUT2D eigenvalue weighted by atomic mass is 32.2. The Hall–Kier alpha value is -2.58. The third-order valence-corrected chi connectivity index (χ3v) is 5.95. The molecule has 1 saturated heterocycles. The highest BCUT2D eigenvalue weighted by Gasteiger charge is 2.21. The number of ether oxygens (including phenoxy) is 2. The number of aromatic nitrogens is 2. The molecule has 4 rings (SSSR count). The summed E-state index contributed by atoms with van der Waals surface area (Å²) in [5.41, 5.74) is 1.00. The molecule has 0 N–H and O–H groups in total. The fourth-order valence-corrected chi connectivity index (χ4v) is 4.36. The quantitative estimate of drug-likeness (QED) is 0.346. The number of methoxy groups -OCH3 is 1. The van der Waals surface area contributed by atoms with Gasteiger partial charge in [0.25, 0.3) is 5.56 Å². The lowest BCUT2D eigenvalue weighted by molar-refractivity contribution is 0.0598. The Bertz CT molecular complexity index is 1100. The first-order valence-electron chi connectivity index (χ1n) is 9.48. The molecule has 8 heteroatoms. The summed E-state index contributed by atoms with van der Waals surface area (Å²) in [7, 11) is 1.34. The first-order valence-corrected chi connectivity index (χ1v) is 10.5. The van der Waals surface area contributed by atoms with Gasteiger partial charge in [0.1, 0.15) is 17.1 Å². The van der Waals surface area contributed by atoms with E-state index in [0.717, 1.165) is 19.4 Å². The van der Waals surface area contributed by atoms with Gasteiger partial charge < -0.3 is 13.9 Å². The Morgan fingerprint density at radius 2 is 2.21 bits per heavy atom. The molecule has 0 spiro atoms. The maximum Gasteiger partial charge on any atom is 0.341 e. The van der Waals surface area contributed by atoms with Gasteiger partial charge in [-0.05, 0) is 38.0 Å². The molecule has 2 aromatic heterocycles. The molecule has 1 aromatic carbocycles. The van der Waals surface area contributed by atoms with Crippen molar-refractivity contribution in [3.05, 3.63) is 57.8 Å². The van der Waals surface area contributed by atoms with Gasteiger partial charge in [0.15, 0.2) is 5.16 Å². The zero-order chi connectivity index (χ0) is 20.4. The predicted molar refractivity (Wildman–Crippen MR) is 109 cm³/mol. The predicted octanol–water partition coefficient (Wildman–Crippen LogP) is 3.56. The largest absolute Gasteiger partial charge is 0.465 e. The Morgan fingerprint density at radius 1 is 1.38 bits per heavy atom. The van der Waals surface area contributed by atoms with Crippen LogP contribution in [0.15, 0.2) is 44.7 Å². The molecule has 1 fully saturated rings. The molecule has 0 radical (unpaired) electrons. The molecule has 0 aliphatic carbocycles. The van der Waals surface area contributed by atoms with Crippen LogP contribution >= 0.6 is 11.8 Å². The molecule has 3 aromatic rings. The molecule has 0 amide bonds. The van der Waals surface area contributed by atoms with Gasteiger partial charge in [-0.1, -0.05) is 23.9 Å². The minimum atomic E-state index is -0.429. The summed E-state index contributed by atoms with van der Waals surface area (Å²) < 4.78 is 17.9. The fraction of sp³-hybridized carbons (Fsp3) is 0.381. The van der Waals surface area contributed by atoms with Gasteiger partial charge in [0.2, 0.25) is 0 Å². The third-order valence-electron chi connectivity index (χ3n) is 4.95. The van der Waals surface area contributed by atoms with E-state index >= 15 is 0 Å². The first kappa shape index (κ1) is 19.7. The maximum atomic E-state index is 13.1. The van der Waals surface area contributed by atoms with Crippen molar-refractivity contribution in [2.45, 2.75) is 43.3 Å². The van der Waals surface area contributed by atoms with Crippen molar-refractivity contribution >= 4 is 28.6 Å². The number of carbonyl (C=O) groups excluding carboxylic acids is 1. The Balaban J connectivity index is 1.65. The number of esters is 1. The van der Waals surface area contributed by atoms with Crippen molar-refractivity contribution in [1.82, 2.24) is 9.55 Å². The Labute approximate surface area is 172 Å². The van der Waals surface area contributed by atoms with Crippen LogP contribution in [0.1, 0.15) is 34.7 Å². The minimum Gasteiger partial charge on any atom is -0.465 e. The number of rotatable bonds is 6. The molecular formula is C21H22N2O5S. The van der Waals surface area contributed by atoms with Gasteiger partial charge in [-0.15, -0.1) is 0 Å². The highest BCUT2D eigenvalue weighted by molar-refractivity contribution is 7.98. The molecule has 0 bridgehead atoms. The van der Waals surface area contributed by atoms with Gasteiger partial charge in [-0.2, -0.15) is 0 Å². The van der Waals surface area contributed by atoms with E-state index in [1.807, 2.05) is 18.2 Å².